The van der Waals surface area contributed by atoms with Gasteiger partial charge in [-0.2, -0.15) is 0 Å². The van der Waals surface area contributed by atoms with Crippen LogP contribution in [0.5, 0.6) is 0 Å². The number of hydrogen-bond donors (Lipinski definition) is 1. The molecule has 4 rings (SSSR count). The highest BCUT2D eigenvalue weighted by molar-refractivity contribution is 7.15. The summed E-state index contributed by atoms with van der Waals surface area (Å²) in [5.74, 6) is 0.563. The van der Waals surface area contributed by atoms with Crippen molar-refractivity contribution in [1.29, 1.82) is 0 Å². The van der Waals surface area contributed by atoms with Gasteiger partial charge < -0.3 is 9.80 Å². The second-order valence-corrected chi connectivity index (χ2v) is 7.84. The Morgan fingerprint density at radius 3 is 2.80 bits per heavy atom. The molecule has 1 aromatic heterocycles. The number of benzene rings is 1. The van der Waals surface area contributed by atoms with Crippen LogP contribution in [0.25, 0.3) is 0 Å². The first-order valence-corrected chi connectivity index (χ1v) is 9.71. The number of nitrogens with one attached hydrogen (secondary N) is 1. The lowest BCUT2D eigenvalue weighted by Gasteiger charge is -2.24. The average molecular weight is 357 g/mol. The first-order valence-electron chi connectivity index (χ1n) is 8.89. The summed E-state index contributed by atoms with van der Waals surface area (Å²) in [5, 5.41) is 12.8. The molecule has 6 nitrogen and oxygen atoms in total. The molecule has 2 fully saturated rings. The summed E-state index contributed by atoms with van der Waals surface area (Å²) in [4.78, 5) is 16.6. The highest BCUT2D eigenvalue weighted by Crippen LogP contribution is 2.42. The Kier molecular flexibility index (Phi) is 4.57. The maximum atomic E-state index is 12.5. The van der Waals surface area contributed by atoms with Crippen molar-refractivity contribution in [2.75, 3.05) is 30.4 Å². The van der Waals surface area contributed by atoms with Crippen molar-refractivity contribution >= 4 is 28.2 Å². The van der Waals surface area contributed by atoms with Gasteiger partial charge in [-0.25, -0.2) is 4.79 Å². The fourth-order valence-corrected chi connectivity index (χ4v) is 4.11. The minimum absolute atomic E-state index is 0.144. The third-order valence-electron chi connectivity index (χ3n) is 4.77. The summed E-state index contributed by atoms with van der Waals surface area (Å²) < 4.78 is 0. The number of para-hydroxylation sites is 1. The third kappa shape index (κ3) is 3.76. The van der Waals surface area contributed by atoms with E-state index in [1.165, 1.54) is 48.3 Å². The molecule has 0 bridgehead atoms. The van der Waals surface area contributed by atoms with E-state index < -0.39 is 0 Å². The number of nitrogens with zero attached hydrogens (tertiary/aromatic N) is 4. The van der Waals surface area contributed by atoms with E-state index in [9.17, 15) is 4.79 Å². The lowest BCUT2D eigenvalue weighted by Crippen LogP contribution is -2.31. The largest absolute Gasteiger partial charge is 0.371 e. The van der Waals surface area contributed by atoms with Crippen molar-refractivity contribution in [2.45, 2.75) is 38.1 Å². The van der Waals surface area contributed by atoms with Crippen LogP contribution >= 0.6 is 11.3 Å². The molecule has 1 saturated heterocycles. The number of carbonyl (C=O) groups is 1. The summed E-state index contributed by atoms with van der Waals surface area (Å²) in [6.45, 7) is 2.77. The summed E-state index contributed by atoms with van der Waals surface area (Å²) in [6.07, 6.45) is 4.86. The van der Waals surface area contributed by atoms with Crippen LogP contribution < -0.4 is 10.2 Å². The SMILES string of the molecule is CN(Cc1ccccc1N1CCCC1)C(=O)Nc1nnc(C2CC2)s1. The molecule has 0 spiro atoms. The molecule has 0 atom stereocenters. The standard InChI is InChI=1S/C18H23N5OS/c1-22(18(24)19-17-21-20-16(25-17)13-8-9-13)12-14-6-2-3-7-15(14)23-10-4-5-11-23/h2-3,6-7,13H,4-5,8-12H2,1H3,(H,19,21,24). The average Bonchev–Trinajstić information content (AvgIpc) is 3.13. The van der Waals surface area contributed by atoms with Crippen LogP contribution in [0.2, 0.25) is 0 Å². The first-order chi connectivity index (χ1) is 12.2. The maximum Gasteiger partial charge on any atom is 0.323 e. The Labute approximate surface area is 151 Å². The Hall–Kier alpha value is -2.15. The maximum absolute atomic E-state index is 12.5. The van der Waals surface area contributed by atoms with Crippen LogP contribution in [-0.4, -0.2) is 41.3 Å². The van der Waals surface area contributed by atoms with Crippen LogP contribution in [0, 0.1) is 0 Å². The molecule has 25 heavy (non-hydrogen) atoms. The van der Waals surface area contributed by atoms with Crippen molar-refractivity contribution in [3.8, 4) is 0 Å². The number of urea groups is 1. The molecule has 1 N–H and O–H groups in total. The monoisotopic (exact) mass is 357 g/mol. The fraction of sp³-hybridized carbons (Fsp3) is 0.500. The molecule has 1 saturated carbocycles. The number of hydrogen-bond acceptors (Lipinski definition) is 5. The van der Waals surface area contributed by atoms with E-state index in [2.05, 4.69) is 38.6 Å². The quantitative estimate of drug-likeness (QED) is 0.887. The Morgan fingerprint density at radius 1 is 1.28 bits per heavy atom. The smallest absolute Gasteiger partial charge is 0.323 e. The number of rotatable bonds is 5. The van der Waals surface area contributed by atoms with E-state index in [1.54, 1.807) is 4.90 Å². The fourth-order valence-electron chi connectivity index (χ4n) is 3.21. The summed E-state index contributed by atoms with van der Waals surface area (Å²) in [7, 11) is 1.82. The molecule has 2 amide bonds. The summed E-state index contributed by atoms with van der Waals surface area (Å²) in [5.41, 5.74) is 2.42. The highest BCUT2D eigenvalue weighted by atomic mass is 32.1. The molecule has 132 valence electrons. The number of anilines is 2. The van der Waals surface area contributed by atoms with Crippen LogP contribution in [0.1, 0.15) is 42.2 Å². The zero-order chi connectivity index (χ0) is 17.2. The predicted molar refractivity (Wildman–Crippen MR) is 100 cm³/mol. The van der Waals surface area contributed by atoms with Gasteiger partial charge in [-0.05, 0) is 37.3 Å². The van der Waals surface area contributed by atoms with Gasteiger partial charge in [0, 0.05) is 38.3 Å². The van der Waals surface area contributed by atoms with Crippen LogP contribution in [0.4, 0.5) is 15.6 Å². The van der Waals surface area contributed by atoms with Crippen molar-refractivity contribution in [3.05, 3.63) is 34.8 Å². The van der Waals surface area contributed by atoms with E-state index in [-0.39, 0.29) is 6.03 Å². The minimum Gasteiger partial charge on any atom is -0.371 e. The van der Waals surface area contributed by atoms with Gasteiger partial charge in [-0.15, -0.1) is 10.2 Å². The lowest BCUT2D eigenvalue weighted by atomic mass is 10.1. The second-order valence-electron chi connectivity index (χ2n) is 6.83. The first kappa shape index (κ1) is 16.3. The molecule has 2 heterocycles. The van der Waals surface area contributed by atoms with Gasteiger partial charge in [0.1, 0.15) is 5.01 Å². The van der Waals surface area contributed by atoms with E-state index in [1.807, 2.05) is 13.1 Å². The Balaban J connectivity index is 1.40. The van der Waals surface area contributed by atoms with Crippen LogP contribution in [0.3, 0.4) is 0 Å². The Morgan fingerprint density at radius 2 is 2.04 bits per heavy atom. The third-order valence-corrected chi connectivity index (χ3v) is 5.77. The van der Waals surface area contributed by atoms with Gasteiger partial charge in [0.05, 0.1) is 0 Å². The zero-order valence-corrected chi connectivity index (χ0v) is 15.3. The van der Waals surface area contributed by atoms with Gasteiger partial charge in [-0.3, -0.25) is 5.32 Å². The normalized spacial score (nSPS) is 16.9. The zero-order valence-electron chi connectivity index (χ0n) is 14.4. The number of carbonyl (C=O) groups excluding carboxylic acids is 1. The molecule has 7 heteroatoms. The van der Waals surface area contributed by atoms with Crippen LogP contribution in [-0.2, 0) is 6.54 Å². The Bertz CT molecular complexity index is 751. The van der Waals surface area contributed by atoms with E-state index >= 15 is 0 Å². The molecule has 0 radical (unpaired) electrons. The lowest BCUT2D eigenvalue weighted by molar-refractivity contribution is 0.220. The minimum atomic E-state index is -0.144. The van der Waals surface area contributed by atoms with Gasteiger partial charge in [0.25, 0.3) is 0 Å². The van der Waals surface area contributed by atoms with Gasteiger partial charge in [0.15, 0.2) is 0 Å². The topological polar surface area (TPSA) is 61.4 Å². The van der Waals surface area contributed by atoms with Crippen molar-refractivity contribution < 1.29 is 4.79 Å². The molecule has 1 aliphatic carbocycles. The molecule has 2 aliphatic rings. The number of aromatic nitrogens is 2. The molecule has 1 aliphatic heterocycles. The van der Waals surface area contributed by atoms with E-state index in [4.69, 9.17) is 0 Å². The number of amides is 2. The second kappa shape index (κ2) is 7.00. The van der Waals surface area contributed by atoms with Crippen molar-refractivity contribution in [1.82, 2.24) is 15.1 Å². The van der Waals surface area contributed by atoms with E-state index in [0.29, 0.717) is 17.6 Å². The molecule has 2 aromatic rings. The van der Waals surface area contributed by atoms with Gasteiger partial charge in [0.2, 0.25) is 5.13 Å². The molecule has 0 unspecified atom stereocenters. The van der Waals surface area contributed by atoms with E-state index in [0.717, 1.165) is 18.1 Å². The van der Waals surface area contributed by atoms with Gasteiger partial charge in [-0.1, -0.05) is 29.5 Å². The summed E-state index contributed by atoms with van der Waals surface area (Å²) >= 11 is 1.49. The molecular weight excluding hydrogens is 334 g/mol. The van der Waals surface area contributed by atoms with Crippen LogP contribution in [0.15, 0.2) is 24.3 Å². The molecule has 1 aromatic carbocycles. The predicted octanol–water partition coefficient (Wildman–Crippen LogP) is 3.68. The van der Waals surface area contributed by atoms with Crippen molar-refractivity contribution in [3.63, 3.8) is 0 Å². The van der Waals surface area contributed by atoms with Crippen molar-refractivity contribution in [2.24, 2.45) is 0 Å². The van der Waals surface area contributed by atoms with Gasteiger partial charge >= 0.3 is 6.03 Å². The summed E-state index contributed by atoms with van der Waals surface area (Å²) in [6, 6.07) is 8.22. The molecular formula is C18H23N5OS. The highest BCUT2D eigenvalue weighted by Gasteiger charge is 2.28.